The van der Waals surface area contributed by atoms with Crippen LogP contribution in [-0.2, 0) is 6.18 Å². The predicted molar refractivity (Wildman–Crippen MR) is 89.8 cm³/mol. The standard InChI is InChI=1S/C16H12BrClF3NO2/c1-8-5-10(17)7-11(14(8)24-2)15(23)22-13-4-3-9(6-12(13)18)16(19,20)21/h3-7H,1-2H3,(H,22,23). The summed E-state index contributed by atoms with van der Waals surface area (Å²) >= 11 is 9.14. The Balaban J connectivity index is 2.34. The molecule has 0 aliphatic rings. The summed E-state index contributed by atoms with van der Waals surface area (Å²) in [6, 6.07) is 6.06. The van der Waals surface area contributed by atoms with Crippen LogP contribution in [0.5, 0.6) is 5.75 Å². The Bertz CT molecular complexity index is 794. The first kappa shape index (κ1) is 18.6. The van der Waals surface area contributed by atoms with Gasteiger partial charge in [0, 0.05) is 4.47 Å². The van der Waals surface area contributed by atoms with E-state index in [0.717, 1.165) is 23.8 Å². The molecule has 0 radical (unpaired) electrons. The van der Waals surface area contributed by atoms with Crippen LogP contribution in [0.4, 0.5) is 18.9 Å². The molecule has 2 aromatic carbocycles. The molecule has 0 aliphatic carbocycles. The average Bonchev–Trinajstić information content (AvgIpc) is 2.47. The summed E-state index contributed by atoms with van der Waals surface area (Å²) in [5, 5.41) is 2.29. The minimum Gasteiger partial charge on any atom is -0.496 e. The summed E-state index contributed by atoms with van der Waals surface area (Å²) in [6.45, 7) is 1.77. The third-order valence-corrected chi connectivity index (χ3v) is 4.00. The van der Waals surface area contributed by atoms with E-state index in [0.29, 0.717) is 10.2 Å². The van der Waals surface area contributed by atoms with E-state index in [1.54, 1.807) is 19.1 Å². The second-order valence-electron chi connectivity index (χ2n) is 4.95. The maximum Gasteiger partial charge on any atom is 0.416 e. The Hall–Kier alpha value is -1.73. The van der Waals surface area contributed by atoms with Crippen molar-refractivity contribution in [3.8, 4) is 5.75 Å². The molecular formula is C16H12BrClF3NO2. The van der Waals surface area contributed by atoms with Gasteiger partial charge in [0.1, 0.15) is 5.75 Å². The lowest BCUT2D eigenvalue weighted by Gasteiger charge is -2.14. The normalized spacial score (nSPS) is 11.3. The van der Waals surface area contributed by atoms with Crippen LogP contribution in [-0.4, -0.2) is 13.0 Å². The number of carbonyl (C=O) groups is 1. The van der Waals surface area contributed by atoms with E-state index in [9.17, 15) is 18.0 Å². The van der Waals surface area contributed by atoms with Gasteiger partial charge in [-0.15, -0.1) is 0 Å². The van der Waals surface area contributed by atoms with Gasteiger partial charge in [-0.3, -0.25) is 4.79 Å². The van der Waals surface area contributed by atoms with E-state index in [1.165, 1.54) is 7.11 Å². The minimum atomic E-state index is -4.50. The fraction of sp³-hybridized carbons (Fsp3) is 0.188. The molecule has 0 saturated carbocycles. The summed E-state index contributed by atoms with van der Waals surface area (Å²) in [4.78, 5) is 12.4. The van der Waals surface area contributed by atoms with Crippen LogP contribution in [0.15, 0.2) is 34.8 Å². The number of hydrogen-bond acceptors (Lipinski definition) is 2. The molecule has 0 spiro atoms. The lowest BCUT2D eigenvalue weighted by Crippen LogP contribution is -2.14. The monoisotopic (exact) mass is 421 g/mol. The van der Waals surface area contributed by atoms with Gasteiger partial charge in [-0.2, -0.15) is 13.2 Å². The van der Waals surface area contributed by atoms with Crippen molar-refractivity contribution in [3.63, 3.8) is 0 Å². The first-order valence-electron chi connectivity index (χ1n) is 6.65. The number of benzene rings is 2. The Morgan fingerprint density at radius 3 is 2.46 bits per heavy atom. The highest BCUT2D eigenvalue weighted by Crippen LogP contribution is 2.34. The van der Waals surface area contributed by atoms with Crippen molar-refractivity contribution in [3.05, 3.63) is 56.5 Å². The van der Waals surface area contributed by atoms with Gasteiger partial charge < -0.3 is 10.1 Å². The summed E-state index contributed by atoms with van der Waals surface area (Å²) in [5.41, 5.74) is 0.159. The minimum absolute atomic E-state index is 0.0781. The van der Waals surface area contributed by atoms with Gasteiger partial charge in [-0.1, -0.05) is 27.5 Å². The molecule has 3 nitrogen and oxygen atoms in total. The molecule has 0 saturated heterocycles. The number of halogens is 5. The summed E-state index contributed by atoms with van der Waals surface area (Å²) in [6.07, 6.45) is -4.50. The quantitative estimate of drug-likeness (QED) is 0.690. The van der Waals surface area contributed by atoms with E-state index in [2.05, 4.69) is 21.2 Å². The number of hydrogen-bond donors (Lipinski definition) is 1. The second-order valence-corrected chi connectivity index (χ2v) is 6.27. The summed E-state index contributed by atoms with van der Waals surface area (Å²) < 4.78 is 43.8. The van der Waals surface area contributed by atoms with Crippen LogP contribution in [0.25, 0.3) is 0 Å². The number of carbonyl (C=O) groups excluding carboxylic acids is 1. The molecule has 0 aromatic heterocycles. The molecule has 0 fully saturated rings. The zero-order chi connectivity index (χ0) is 18.1. The molecule has 0 unspecified atom stereocenters. The maximum absolute atomic E-state index is 12.6. The number of amides is 1. The van der Waals surface area contributed by atoms with Crippen molar-refractivity contribution in [2.24, 2.45) is 0 Å². The maximum atomic E-state index is 12.6. The van der Waals surface area contributed by atoms with Gasteiger partial charge in [0.25, 0.3) is 5.91 Å². The molecule has 1 amide bonds. The van der Waals surface area contributed by atoms with Crippen molar-refractivity contribution >= 4 is 39.1 Å². The van der Waals surface area contributed by atoms with Crippen LogP contribution < -0.4 is 10.1 Å². The van der Waals surface area contributed by atoms with Crippen molar-refractivity contribution in [2.45, 2.75) is 13.1 Å². The fourth-order valence-electron chi connectivity index (χ4n) is 2.15. The van der Waals surface area contributed by atoms with E-state index in [4.69, 9.17) is 16.3 Å². The fourth-order valence-corrected chi connectivity index (χ4v) is 2.95. The molecule has 24 heavy (non-hydrogen) atoms. The molecule has 0 heterocycles. The second kappa shape index (κ2) is 7.03. The lowest BCUT2D eigenvalue weighted by atomic mass is 10.1. The number of anilines is 1. The highest BCUT2D eigenvalue weighted by atomic mass is 79.9. The lowest BCUT2D eigenvalue weighted by molar-refractivity contribution is -0.137. The molecule has 128 valence electrons. The van der Waals surface area contributed by atoms with E-state index in [1.807, 2.05) is 0 Å². The van der Waals surface area contributed by atoms with E-state index < -0.39 is 17.6 Å². The van der Waals surface area contributed by atoms with Crippen LogP contribution in [0.2, 0.25) is 5.02 Å². The molecule has 2 aromatic rings. The number of alkyl halides is 3. The Morgan fingerprint density at radius 1 is 1.25 bits per heavy atom. The van der Waals surface area contributed by atoms with E-state index in [-0.39, 0.29) is 16.3 Å². The molecule has 2 rings (SSSR count). The zero-order valence-corrected chi connectivity index (χ0v) is 14.9. The van der Waals surface area contributed by atoms with Crippen LogP contribution >= 0.6 is 27.5 Å². The SMILES string of the molecule is COc1c(C)cc(Br)cc1C(=O)Nc1ccc(C(F)(F)F)cc1Cl. The molecule has 1 N–H and O–H groups in total. The molecule has 0 bridgehead atoms. The number of ether oxygens (including phenoxy) is 1. The van der Waals surface area contributed by atoms with E-state index >= 15 is 0 Å². The highest BCUT2D eigenvalue weighted by Gasteiger charge is 2.31. The van der Waals surface area contributed by atoms with Crippen LogP contribution in [0.3, 0.4) is 0 Å². The molecule has 8 heteroatoms. The van der Waals surface area contributed by atoms with Gasteiger partial charge >= 0.3 is 6.18 Å². The summed E-state index contributed by atoms with van der Waals surface area (Å²) in [5.74, 6) is -0.170. The summed E-state index contributed by atoms with van der Waals surface area (Å²) in [7, 11) is 1.43. The Kier molecular flexibility index (Phi) is 5.45. The molecule has 0 atom stereocenters. The Morgan fingerprint density at radius 2 is 1.92 bits per heavy atom. The van der Waals surface area contributed by atoms with Gasteiger partial charge in [0.15, 0.2) is 0 Å². The first-order chi connectivity index (χ1) is 11.1. The molecular weight excluding hydrogens is 411 g/mol. The van der Waals surface area contributed by atoms with Crippen molar-refractivity contribution < 1.29 is 22.7 Å². The number of rotatable bonds is 3. The average molecular weight is 423 g/mol. The predicted octanol–water partition coefficient (Wildman–Crippen LogP) is 5.69. The number of nitrogens with one attached hydrogen (secondary N) is 1. The smallest absolute Gasteiger partial charge is 0.416 e. The number of methoxy groups -OCH3 is 1. The van der Waals surface area contributed by atoms with Crippen LogP contribution in [0.1, 0.15) is 21.5 Å². The van der Waals surface area contributed by atoms with Gasteiger partial charge in [-0.25, -0.2) is 0 Å². The zero-order valence-electron chi connectivity index (χ0n) is 12.6. The van der Waals surface area contributed by atoms with Gasteiger partial charge in [0.05, 0.1) is 28.9 Å². The largest absolute Gasteiger partial charge is 0.496 e. The van der Waals surface area contributed by atoms with Crippen LogP contribution in [0, 0.1) is 6.92 Å². The van der Waals surface area contributed by atoms with Crippen molar-refractivity contribution in [2.75, 3.05) is 12.4 Å². The topological polar surface area (TPSA) is 38.3 Å². The first-order valence-corrected chi connectivity index (χ1v) is 7.83. The molecule has 0 aliphatic heterocycles. The Labute approximate surface area is 149 Å². The van der Waals surface area contributed by atoms with Gasteiger partial charge in [-0.05, 0) is 42.8 Å². The van der Waals surface area contributed by atoms with Crippen molar-refractivity contribution in [1.29, 1.82) is 0 Å². The number of aryl methyl sites for hydroxylation is 1. The van der Waals surface area contributed by atoms with Crippen molar-refractivity contribution in [1.82, 2.24) is 0 Å². The third-order valence-electron chi connectivity index (χ3n) is 3.23. The third kappa shape index (κ3) is 4.02. The highest BCUT2D eigenvalue weighted by molar-refractivity contribution is 9.10. The van der Waals surface area contributed by atoms with Gasteiger partial charge in [0.2, 0.25) is 0 Å².